The van der Waals surface area contributed by atoms with Crippen LogP contribution >= 0.6 is 0 Å². The Morgan fingerprint density at radius 1 is 1.47 bits per heavy atom. The largest absolute Gasteiger partial charge is 0.481 e. The van der Waals surface area contributed by atoms with Crippen LogP contribution in [0.25, 0.3) is 5.65 Å². The molecule has 2 aromatic rings. The Morgan fingerprint density at radius 3 is 2.95 bits per heavy atom. The average Bonchev–Trinajstić information content (AvgIpc) is 2.82. The number of carboxylic acids is 1. The summed E-state index contributed by atoms with van der Waals surface area (Å²) in [6, 6.07) is 1.72. The van der Waals surface area contributed by atoms with Crippen LogP contribution in [0.3, 0.4) is 0 Å². The van der Waals surface area contributed by atoms with E-state index in [9.17, 15) is 9.59 Å². The van der Waals surface area contributed by atoms with Gasteiger partial charge in [-0.15, -0.1) is 0 Å². The Labute approximate surface area is 109 Å². The summed E-state index contributed by atoms with van der Waals surface area (Å²) in [7, 11) is 0. The van der Waals surface area contributed by atoms with Gasteiger partial charge in [0.05, 0.1) is 12.6 Å². The monoisotopic (exact) mass is 262 g/mol. The summed E-state index contributed by atoms with van der Waals surface area (Å²) in [4.78, 5) is 28.5. The number of carbonyl (C=O) groups excluding carboxylic acids is 1. The van der Waals surface area contributed by atoms with E-state index in [0.29, 0.717) is 17.8 Å². The Hall–Kier alpha value is -2.44. The van der Waals surface area contributed by atoms with Gasteiger partial charge in [-0.25, -0.2) is 9.50 Å². The smallest absolute Gasteiger partial charge is 0.305 e. The molecule has 19 heavy (non-hydrogen) atoms. The maximum absolute atomic E-state index is 12.3. The molecule has 7 heteroatoms. The first-order chi connectivity index (χ1) is 9.13. The summed E-state index contributed by atoms with van der Waals surface area (Å²) in [5, 5.41) is 12.7. The molecule has 0 aromatic carbocycles. The average molecular weight is 262 g/mol. The number of fused-ring (bicyclic) bond motifs is 1. The van der Waals surface area contributed by atoms with Gasteiger partial charge >= 0.3 is 5.97 Å². The molecule has 0 aliphatic heterocycles. The highest BCUT2D eigenvalue weighted by Gasteiger charge is 2.19. The molecule has 0 bridgehead atoms. The van der Waals surface area contributed by atoms with Crippen molar-refractivity contribution in [1.82, 2.24) is 19.5 Å². The van der Waals surface area contributed by atoms with Crippen molar-refractivity contribution in [3.05, 3.63) is 30.2 Å². The highest BCUT2D eigenvalue weighted by atomic mass is 16.4. The predicted molar refractivity (Wildman–Crippen MR) is 66.8 cm³/mol. The Balaban J connectivity index is 2.24. The van der Waals surface area contributed by atoms with Crippen LogP contribution < -0.4 is 0 Å². The number of hydrogen-bond donors (Lipinski definition) is 1. The van der Waals surface area contributed by atoms with Crippen molar-refractivity contribution >= 4 is 17.5 Å². The molecule has 1 amide bonds. The Kier molecular flexibility index (Phi) is 3.74. The second-order valence-corrected chi connectivity index (χ2v) is 3.97. The van der Waals surface area contributed by atoms with Gasteiger partial charge in [0, 0.05) is 25.5 Å². The molecule has 100 valence electrons. The second kappa shape index (κ2) is 5.47. The molecular formula is C12H14N4O3. The van der Waals surface area contributed by atoms with Gasteiger partial charge < -0.3 is 10.0 Å². The van der Waals surface area contributed by atoms with Gasteiger partial charge in [-0.1, -0.05) is 0 Å². The van der Waals surface area contributed by atoms with E-state index in [-0.39, 0.29) is 18.9 Å². The number of hydrogen-bond acceptors (Lipinski definition) is 4. The van der Waals surface area contributed by atoms with Crippen LogP contribution in [0.1, 0.15) is 23.7 Å². The minimum absolute atomic E-state index is 0.0772. The molecule has 0 atom stereocenters. The fourth-order valence-electron chi connectivity index (χ4n) is 1.78. The van der Waals surface area contributed by atoms with E-state index in [4.69, 9.17) is 5.11 Å². The normalized spacial score (nSPS) is 10.6. The van der Waals surface area contributed by atoms with Crippen LogP contribution in [0.2, 0.25) is 0 Å². The van der Waals surface area contributed by atoms with E-state index in [0.717, 1.165) is 0 Å². The van der Waals surface area contributed by atoms with E-state index in [2.05, 4.69) is 10.1 Å². The maximum Gasteiger partial charge on any atom is 0.305 e. The van der Waals surface area contributed by atoms with Gasteiger partial charge in [0.25, 0.3) is 5.91 Å². The minimum atomic E-state index is -0.927. The summed E-state index contributed by atoms with van der Waals surface area (Å²) < 4.78 is 1.51. The first-order valence-electron chi connectivity index (χ1n) is 5.93. The van der Waals surface area contributed by atoms with E-state index in [1.54, 1.807) is 25.4 Å². The van der Waals surface area contributed by atoms with E-state index >= 15 is 0 Å². The lowest BCUT2D eigenvalue weighted by Gasteiger charge is -2.19. The van der Waals surface area contributed by atoms with Crippen LogP contribution in [0.5, 0.6) is 0 Å². The lowest BCUT2D eigenvalue weighted by Crippen LogP contribution is -2.32. The zero-order valence-electron chi connectivity index (χ0n) is 10.5. The quantitative estimate of drug-likeness (QED) is 0.855. The van der Waals surface area contributed by atoms with E-state index in [1.807, 2.05) is 0 Å². The van der Waals surface area contributed by atoms with Crippen molar-refractivity contribution in [1.29, 1.82) is 0 Å². The third-order valence-electron chi connectivity index (χ3n) is 2.77. The number of nitrogens with zero attached hydrogens (tertiary/aromatic N) is 4. The van der Waals surface area contributed by atoms with Crippen molar-refractivity contribution < 1.29 is 14.7 Å². The molecule has 2 aromatic heterocycles. The molecule has 0 radical (unpaired) electrons. The Bertz CT molecular complexity index is 608. The van der Waals surface area contributed by atoms with Crippen LogP contribution in [0.15, 0.2) is 24.7 Å². The van der Waals surface area contributed by atoms with Crippen molar-refractivity contribution in [2.45, 2.75) is 13.3 Å². The highest BCUT2D eigenvalue weighted by molar-refractivity contribution is 5.99. The highest BCUT2D eigenvalue weighted by Crippen LogP contribution is 2.10. The maximum atomic E-state index is 12.3. The summed E-state index contributed by atoms with van der Waals surface area (Å²) in [5.74, 6) is -1.18. The van der Waals surface area contributed by atoms with Crippen LogP contribution in [-0.4, -0.2) is 49.6 Å². The molecule has 0 aliphatic rings. The summed E-state index contributed by atoms with van der Waals surface area (Å²) in [6.07, 6.45) is 4.66. The molecule has 0 saturated carbocycles. The molecule has 7 nitrogen and oxygen atoms in total. The lowest BCUT2D eigenvalue weighted by atomic mass is 10.2. The third-order valence-corrected chi connectivity index (χ3v) is 2.77. The van der Waals surface area contributed by atoms with Gasteiger partial charge in [0.1, 0.15) is 5.56 Å². The van der Waals surface area contributed by atoms with E-state index < -0.39 is 5.97 Å². The standard InChI is InChI=1S/C12H14N4O3/c1-2-15(7-4-10(17)18)12(19)9-8-14-16-6-3-5-13-11(9)16/h3,5-6,8H,2,4,7H2,1H3,(H,17,18). The molecule has 0 spiro atoms. The van der Waals surface area contributed by atoms with Gasteiger partial charge in [0.2, 0.25) is 0 Å². The molecule has 0 saturated heterocycles. The molecule has 2 rings (SSSR count). The van der Waals surface area contributed by atoms with Crippen LogP contribution in [0, 0.1) is 0 Å². The number of rotatable bonds is 5. The first-order valence-corrected chi connectivity index (χ1v) is 5.93. The van der Waals surface area contributed by atoms with Gasteiger partial charge in [0.15, 0.2) is 5.65 Å². The summed E-state index contributed by atoms with van der Waals surface area (Å²) in [6.45, 7) is 2.42. The second-order valence-electron chi connectivity index (χ2n) is 3.97. The van der Waals surface area contributed by atoms with Gasteiger partial charge in [-0.05, 0) is 13.0 Å². The van der Waals surface area contributed by atoms with Crippen LogP contribution in [0.4, 0.5) is 0 Å². The molecule has 0 unspecified atom stereocenters. The number of aliphatic carboxylic acids is 1. The fraction of sp³-hybridized carbons (Fsp3) is 0.333. The molecule has 1 N–H and O–H groups in total. The third kappa shape index (κ3) is 2.70. The molecular weight excluding hydrogens is 248 g/mol. The van der Waals surface area contributed by atoms with Crippen LogP contribution in [-0.2, 0) is 4.79 Å². The number of amides is 1. The van der Waals surface area contributed by atoms with E-state index in [1.165, 1.54) is 15.6 Å². The first kappa shape index (κ1) is 13.0. The minimum Gasteiger partial charge on any atom is -0.481 e. The van der Waals surface area contributed by atoms with Crippen molar-refractivity contribution in [3.63, 3.8) is 0 Å². The molecule has 0 fully saturated rings. The van der Waals surface area contributed by atoms with Gasteiger partial charge in [-0.3, -0.25) is 9.59 Å². The number of carbonyl (C=O) groups is 2. The van der Waals surface area contributed by atoms with Crippen molar-refractivity contribution in [2.75, 3.05) is 13.1 Å². The van der Waals surface area contributed by atoms with Crippen molar-refractivity contribution in [2.24, 2.45) is 0 Å². The number of aromatic nitrogens is 3. The zero-order valence-corrected chi connectivity index (χ0v) is 10.5. The SMILES string of the molecule is CCN(CCC(=O)O)C(=O)c1cnn2cccnc12. The van der Waals surface area contributed by atoms with Gasteiger partial charge in [-0.2, -0.15) is 5.10 Å². The molecule has 0 aliphatic carbocycles. The summed E-state index contributed by atoms with van der Waals surface area (Å²) in [5.41, 5.74) is 0.856. The Morgan fingerprint density at radius 2 is 2.26 bits per heavy atom. The lowest BCUT2D eigenvalue weighted by molar-refractivity contribution is -0.137. The number of carboxylic acid groups (broad SMARTS) is 1. The predicted octanol–water partition coefficient (Wildman–Crippen LogP) is 0.666. The zero-order chi connectivity index (χ0) is 13.8. The van der Waals surface area contributed by atoms with Crippen molar-refractivity contribution in [3.8, 4) is 0 Å². The molecule has 2 heterocycles. The fourth-order valence-corrected chi connectivity index (χ4v) is 1.78. The summed E-state index contributed by atoms with van der Waals surface area (Å²) >= 11 is 0. The topological polar surface area (TPSA) is 87.8 Å².